The third kappa shape index (κ3) is 6.71. The monoisotopic (exact) mass is 417 g/mol. The van der Waals surface area contributed by atoms with E-state index >= 15 is 0 Å². The molecule has 0 unspecified atom stereocenters. The summed E-state index contributed by atoms with van der Waals surface area (Å²) in [4.78, 5) is 9.69. The Morgan fingerprint density at radius 2 is 1.90 bits per heavy atom. The summed E-state index contributed by atoms with van der Waals surface area (Å²) < 4.78 is 37.8. The molecule has 2 heterocycles. The smallest absolute Gasteiger partial charge is 0.361 e. The number of allylic oxidation sites excluding steroid dienone is 5. The van der Waals surface area contributed by atoms with Crippen molar-refractivity contribution in [3.63, 3.8) is 0 Å². The molecule has 1 N–H and O–H groups in total. The van der Waals surface area contributed by atoms with Gasteiger partial charge in [0.1, 0.15) is 0 Å². The number of thiazole rings is 1. The highest BCUT2D eigenvalue weighted by molar-refractivity contribution is 7.16. The molecule has 0 radical (unpaired) electrons. The fourth-order valence-corrected chi connectivity index (χ4v) is 3.65. The van der Waals surface area contributed by atoms with E-state index in [1.54, 1.807) is 23.5 Å². The Morgan fingerprint density at radius 3 is 2.69 bits per heavy atom. The Bertz CT molecular complexity index is 906. The normalized spacial score (nSPS) is 18.7. The second kappa shape index (κ2) is 10.2. The average Bonchev–Trinajstić information content (AvgIpc) is 3.18. The van der Waals surface area contributed by atoms with E-state index in [1.807, 2.05) is 24.7 Å². The molecule has 1 aliphatic heterocycles. The molecule has 0 atom stereocenters. The fraction of sp³-hybridized carbons (Fsp3) is 0.273. The van der Waals surface area contributed by atoms with Gasteiger partial charge in [-0.25, -0.2) is 4.98 Å². The number of hydrogen-bond acceptors (Lipinski definition) is 4. The van der Waals surface area contributed by atoms with Gasteiger partial charge in [0, 0.05) is 31.6 Å². The molecule has 2 aromatic rings. The highest BCUT2D eigenvalue weighted by atomic mass is 32.1. The van der Waals surface area contributed by atoms with Crippen LogP contribution in [0.4, 0.5) is 18.3 Å². The Hall–Kier alpha value is -2.67. The van der Waals surface area contributed by atoms with Gasteiger partial charge in [0.15, 0.2) is 5.13 Å². The van der Waals surface area contributed by atoms with Crippen molar-refractivity contribution in [2.75, 3.05) is 11.9 Å². The van der Waals surface area contributed by atoms with Crippen molar-refractivity contribution in [1.82, 2.24) is 4.98 Å². The van der Waals surface area contributed by atoms with Crippen molar-refractivity contribution in [1.29, 1.82) is 0 Å². The van der Waals surface area contributed by atoms with Crippen LogP contribution in [-0.4, -0.2) is 17.7 Å². The molecule has 0 spiro atoms. The summed E-state index contributed by atoms with van der Waals surface area (Å²) >= 11 is 1.59. The molecule has 3 rings (SSSR count). The van der Waals surface area contributed by atoms with Gasteiger partial charge in [-0.1, -0.05) is 47.8 Å². The van der Waals surface area contributed by atoms with E-state index in [0.717, 1.165) is 52.5 Å². The summed E-state index contributed by atoms with van der Waals surface area (Å²) in [5, 5.41) is 4.14. The molecule has 7 heteroatoms. The Morgan fingerprint density at radius 1 is 1.07 bits per heavy atom. The average molecular weight is 418 g/mol. The summed E-state index contributed by atoms with van der Waals surface area (Å²) in [6.07, 6.45) is 12.7. The quantitative estimate of drug-likeness (QED) is 0.543. The minimum Gasteiger partial charge on any atom is -0.361 e. The number of aromatic nitrogens is 1. The van der Waals surface area contributed by atoms with Crippen LogP contribution in [0.5, 0.6) is 0 Å². The lowest BCUT2D eigenvalue weighted by molar-refractivity contribution is -0.137. The maximum atomic E-state index is 12.6. The first-order valence-electron chi connectivity index (χ1n) is 9.42. The van der Waals surface area contributed by atoms with Crippen molar-refractivity contribution in [3.05, 3.63) is 77.0 Å². The molecular formula is C22H22F3N3S. The molecule has 0 saturated heterocycles. The maximum Gasteiger partial charge on any atom is 0.416 e. The van der Waals surface area contributed by atoms with Crippen LogP contribution in [0.3, 0.4) is 0 Å². The number of benzene rings is 1. The molecule has 29 heavy (non-hydrogen) atoms. The topological polar surface area (TPSA) is 37.3 Å². The van der Waals surface area contributed by atoms with Gasteiger partial charge in [-0.15, -0.1) is 0 Å². The van der Waals surface area contributed by atoms with Gasteiger partial charge in [0.25, 0.3) is 0 Å². The van der Waals surface area contributed by atoms with Gasteiger partial charge in [0.2, 0.25) is 0 Å². The first-order valence-corrected chi connectivity index (χ1v) is 10.2. The van der Waals surface area contributed by atoms with E-state index in [1.165, 1.54) is 0 Å². The standard InChI is InChI=1S/C22H22F3N3S/c23-22(24,25)19-11-9-17(10-12-19)6-5-15-27-21-28-16-20(29-21)18-7-1-3-13-26-14-4-2-8-18/h1,4,7-14,16H,2-3,5-6,15H2,(H,27,28)/b7-1-,14-4-,18-8+,26-13?. The van der Waals surface area contributed by atoms with Crippen molar-refractivity contribution < 1.29 is 13.2 Å². The van der Waals surface area contributed by atoms with Crippen molar-refractivity contribution in [3.8, 4) is 0 Å². The Balaban J connectivity index is 1.49. The minimum atomic E-state index is -4.29. The maximum absolute atomic E-state index is 12.6. The van der Waals surface area contributed by atoms with Crippen molar-refractivity contribution in [2.24, 2.45) is 4.99 Å². The number of aryl methyl sites for hydroxylation is 1. The molecule has 0 saturated carbocycles. The first-order chi connectivity index (χ1) is 14.0. The zero-order valence-corrected chi connectivity index (χ0v) is 16.6. The van der Waals surface area contributed by atoms with Crippen LogP contribution in [0, 0.1) is 0 Å². The number of rotatable bonds is 6. The van der Waals surface area contributed by atoms with E-state index in [0.29, 0.717) is 13.0 Å². The second-order valence-corrected chi connectivity index (χ2v) is 7.53. The molecule has 0 amide bonds. The molecule has 1 aromatic heterocycles. The van der Waals surface area contributed by atoms with Crippen LogP contribution in [0.25, 0.3) is 5.57 Å². The van der Waals surface area contributed by atoms with Gasteiger partial charge in [-0.3, -0.25) is 4.99 Å². The van der Waals surface area contributed by atoms with Crippen LogP contribution in [0.15, 0.2) is 66.0 Å². The Kier molecular flexibility index (Phi) is 7.41. The van der Waals surface area contributed by atoms with Crippen molar-refractivity contribution in [2.45, 2.75) is 31.9 Å². The minimum absolute atomic E-state index is 0.610. The SMILES string of the molecule is FC(F)(F)c1ccc(CCCNc2ncc(C3=C/C/C=C\N=CC/C=C\3)s2)cc1. The van der Waals surface area contributed by atoms with Crippen molar-refractivity contribution >= 4 is 28.3 Å². The third-order valence-electron chi connectivity index (χ3n) is 4.30. The Labute approximate surface area is 172 Å². The largest absolute Gasteiger partial charge is 0.416 e. The highest BCUT2D eigenvalue weighted by Crippen LogP contribution is 2.29. The summed E-state index contributed by atoms with van der Waals surface area (Å²) in [5.74, 6) is 0. The number of alkyl halides is 3. The predicted octanol–water partition coefficient (Wildman–Crippen LogP) is 6.52. The fourth-order valence-electron chi connectivity index (χ4n) is 2.78. The lowest BCUT2D eigenvalue weighted by Crippen LogP contribution is -2.05. The van der Waals surface area contributed by atoms with Gasteiger partial charge in [-0.2, -0.15) is 13.2 Å². The number of aliphatic imine (C=N–C) groups is 1. The molecule has 152 valence electrons. The highest BCUT2D eigenvalue weighted by Gasteiger charge is 2.29. The number of halogens is 3. The van der Waals surface area contributed by atoms with Gasteiger partial charge in [0.05, 0.1) is 10.4 Å². The molecule has 0 fully saturated rings. The lowest BCUT2D eigenvalue weighted by Gasteiger charge is -2.07. The van der Waals surface area contributed by atoms with Crippen LogP contribution in [0.2, 0.25) is 0 Å². The summed E-state index contributed by atoms with van der Waals surface area (Å²) in [6.45, 7) is 0.710. The van der Waals surface area contributed by atoms with E-state index in [9.17, 15) is 13.2 Å². The van der Waals surface area contributed by atoms with Crippen LogP contribution < -0.4 is 5.32 Å². The van der Waals surface area contributed by atoms with Crippen LogP contribution in [-0.2, 0) is 12.6 Å². The number of hydrogen-bond donors (Lipinski definition) is 1. The molecule has 3 nitrogen and oxygen atoms in total. The first kappa shape index (κ1) is 21.0. The molecule has 1 aliphatic rings. The van der Waals surface area contributed by atoms with Gasteiger partial charge in [-0.05, 0) is 42.5 Å². The van der Waals surface area contributed by atoms with E-state index in [-0.39, 0.29) is 0 Å². The number of nitrogens with zero attached hydrogens (tertiary/aromatic N) is 2. The molecule has 1 aromatic carbocycles. The van der Waals surface area contributed by atoms with E-state index in [2.05, 4.69) is 33.5 Å². The molecular weight excluding hydrogens is 395 g/mol. The second-order valence-electron chi connectivity index (χ2n) is 6.50. The summed E-state index contributed by atoms with van der Waals surface area (Å²) in [7, 11) is 0. The van der Waals surface area contributed by atoms with E-state index < -0.39 is 11.7 Å². The lowest BCUT2D eigenvalue weighted by atomic mass is 10.1. The summed E-state index contributed by atoms with van der Waals surface area (Å²) in [5.41, 5.74) is 1.43. The van der Waals surface area contributed by atoms with Crippen LogP contribution >= 0.6 is 11.3 Å². The van der Waals surface area contributed by atoms with Gasteiger partial charge >= 0.3 is 6.18 Å². The van der Waals surface area contributed by atoms with Crippen LogP contribution in [0.1, 0.15) is 35.3 Å². The van der Waals surface area contributed by atoms with Gasteiger partial charge < -0.3 is 5.32 Å². The number of nitrogens with one attached hydrogen (secondary N) is 1. The van der Waals surface area contributed by atoms with E-state index in [4.69, 9.17) is 0 Å². The zero-order valence-electron chi connectivity index (χ0n) is 15.8. The predicted molar refractivity (Wildman–Crippen MR) is 114 cm³/mol. The summed E-state index contributed by atoms with van der Waals surface area (Å²) in [6, 6.07) is 5.36. The number of anilines is 1. The third-order valence-corrected chi connectivity index (χ3v) is 5.30. The molecule has 0 aliphatic carbocycles. The molecule has 0 bridgehead atoms. The zero-order chi connectivity index (χ0) is 20.5.